The zero-order valence-corrected chi connectivity index (χ0v) is 8.93. The Kier molecular flexibility index (Phi) is 3.55. The first-order valence-electron chi connectivity index (χ1n) is 3.87. The summed E-state index contributed by atoms with van der Waals surface area (Å²) < 4.78 is 0. The van der Waals surface area contributed by atoms with Gasteiger partial charge in [-0.05, 0) is 30.7 Å². The Morgan fingerprint density at radius 2 is 2.00 bits per heavy atom. The van der Waals surface area contributed by atoms with Crippen LogP contribution in [0.25, 0.3) is 6.08 Å². The number of rotatable bonds is 2. The molecule has 4 heteroatoms. The molecular formula is C10H8Cl2O2. The van der Waals surface area contributed by atoms with Crippen LogP contribution in [0.15, 0.2) is 23.8 Å². The number of hydrogen-bond acceptors (Lipinski definition) is 1. The maximum absolute atomic E-state index is 10.5. The quantitative estimate of drug-likeness (QED) is 0.791. The molecule has 74 valence electrons. The first-order valence-corrected chi connectivity index (χ1v) is 4.63. The van der Waals surface area contributed by atoms with E-state index >= 15 is 0 Å². The Bertz CT molecular complexity index is 397. The fourth-order valence-corrected chi connectivity index (χ4v) is 1.22. The number of carboxylic acids is 1. The van der Waals surface area contributed by atoms with Crippen molar-refractivity contribution in [2.75, 3.05) is 0 Å². The summed E-state index contributed by atoms with van der Waals surface area (Å²) in [5, 5.41) is 9.51. The lowest BCUT2D eigenvalue weighted by Gasteiger charge is -1.98. The van der Waals surface area contributed by atoms with Gasteiger partial charge in [0.2, 0.25) is 0 Å². The third kappa shape index (κ3) is 2.76. The van der Waals surface area contributed by atoms with Crippen molar-refractivity contribution in [3.63, 3.8) is 0 Å². The molecule has 0 unspecified atom stereocenters. The third-order valence-electron chi connectivity index (χ3n) is 1.66. The first-order chi connectivity index (χ1) is 6.50. The van der Waals surface area contributed by atoms with Crippen molar-refractivity contribution in [3.8, 4) is 0 Å². The molecule has 0 heterocycles. The van der Waals surface area contributed by atoms with Gasteiger partial charge in [0.25, 0.3) is 0 Å². The Balaban J connectivity index is 3.04. The maximum atomic E-state index is 10.5. The molecule has 0 spiro atoms. The van der Waals surface area contributed by atoms with Crippen LogP contribution in [0, 0.1) is 0 Å². The van der Waals surface area contributed by atoms with Crippen LogP contribution in [-0.4, -0.2) is 11.1 Å². The number of aliphatic carboxylic acids is 1. The highest BCUT2D eigenvalue weighted by atomic mass is 35.5. The predicted octanol–water partition coefficient (Wildman–Crippen LogP) is 3.48. The molecule has 0 amide bonds. The van der Waals surface area contributed by atoms with Crippen LogP contribution < -0.4 is 0 Å². The molecule has 0 atom stereocenters. The average Bonchev–Trinajstić information content (AvgIpc) is 2.11. The van der Waals surface area contributed by atoms with Gasteiger partial charge in [0.1, 0.15) is 0 Å². The van der Waals surface area contributed by atoms with Crippen LogP contribution in [0.3, 0.4) is 0 Å². The van der Waals surface area contributed by atoms with Crippen LogP contribution in [-0.2, 0) is 4.79 Å². The van der Waals surface area contributed by atoms with Gasteiger partial charge in [-0.25, -0.2) is 4.79 Å². The number of halogens is 2. The molecule has 0 saturated carbocycles. The topological polar surface area (TPSA) is 37.3 Å². The van der Waals surface area contributed by atoms with Gasteiger partial charge >= 0.3 is 5.97 Å². The highest BCUT2D eigenvalue weighted by Gasteiger charge is 2.01. The number of carbonyl (C=O) groups is 1. The van der Waals surface area contributed by atoms with Crippen molar-refractivity contribution >= 4 is 35.2 Å². The van der Waals surface area contributed by atoms with E-state index in [1.165, 1.54) is 13.0 Å². The molecule has 0 saturated heterocycles. The largest absolute Gasteiger partial charge is 0.478 e. The summed E-state index contributed by atoms with van der Waals surface area (Å²) >= 11 is 11.5. The first kappa shape index (κ1) is 11.1. The van der Waals surface area contributed by atoms with E-state index in [4.69, 9.17) is 28.3 Å². The molecule has 2 nitrogen and oxygen atoms in total. The highest BCUT2D eigenvalue weighted by molar-refractivity contribution is 6.42. The van der Waals surface area contributed by atoms with Gasteiger partial charge in [-0.2, -0.15) is 0 Å². The van der Waals surface area contributed by atoms with Gasteiger partial charge in [0.15, 0.2) is 0 Å². The molecule has 1 N–H and O–H groups in total. The third-order valence-corrected chi connectivity index (χ3v) is 2.40. The molecule has 1 aromatic rings. The Morgan fingerprint density at radius 1 is 1.36 bits per heavy atom. The lowest BCUT2D eigenvalue weighted by molar-refractivity contribution is -0.132. The smallest absolute Gasteiger partial charge is 0.331 e. The van der Waals surface area contributed by atoms with E-state index in [1.54, 1.807) is 18.2 Å². The van der Waals surface area contributed by atoms with Gasteiger partial charge in [-0.1, -0.05) is 29.3 Å². The fourth-order valence-electron chi connectivity index (χ4n) is 0.914. The Morgan fingerprint density at radius 3 is 2.50 bits per heavy atom. The minimum absolute atomic E-state index is 0.253. The summed E-state index contributed by atoms with van der Waals surface area (Å²) in [6, 6.07) is 4.96. The van der Waals surface area contributed by atoms with Crippen LogP contribution in [0.2, 0.25) is 10.0 Å². The predicted molar refractivity (Wildman–Crippen MR) is 57.7 cm³/mol. The van der Waals surface area contributed by atoms with Crippen molar-refractivity contribution < 1.29 is 9.90 Å². The minimum atomic E-state index is -0.948. The average molecular weight is 231 g/mol. The van der Waals surface area contributed by atoms with Crippen molar-refractivity contribution in [2.45, 2.75) is 6.92 Å². The zero-order valence-electron chi connectivity index (χ0n) is 7.42. The summed E-state index contributed by atoms with van der Waals surface area (Å²) in [4.78, 5) is 10.5. The second kappa shape index (κ2) is 4.49. The number of benzene rings is 1. The molecular weight excluding hydrogens is 223 g/mol. The van der Waals surface area contributed by atoms with Crippen LogP contribution in [0.5, 0.6) is 0 Å². The maximum Gasteiger partial charge on any atom is 0.331 e. The summed E-state index contributed by atoms with van der Waals surface area (Å²) in [6.45, 7) is 1.52. The fraction of sp³-hybridized carbons (Fsp3) is 0.100. The highest BCUT2D eigenvalue weighted by Crippen LogP contribution is 2.23. The Labute approximate surface area is 91.8 Å². The van der Waals surface area contributed by atoms with Crippen LogP contribution in [0.4, 0.5) is 0 Å². The van der Waals surface area contributed by atoms with E-state index in [1.807, 2.05) is 0 Å². The van der Waals surface area contributed by atoms with Crippen molar-refractivity contribution in [3.05, 3.63) is 39.4 Å². The second-order valence-corrected chi connectivity index (χ2v) is 3.62. The van der Waals surface area contributed by atoms with Gasteiger partial charge < -0.3 is 5.11 Å². The van der Waals surface area contributed by atoms with Gasteiger partial charge in [0, 0.05) is 5.57 Å². The SMILES string of the molecule is C/C(=C/c1ccc(Cl)c(Cl)c1)C(=O)O. The zero-order chi connectivity index (χ0) is 10.7. The normalized spacial score (nSPS) is 11.5. The van der Waals surface area contributed by atoms with E-state index in [-0.39, 0.29) is 5.57 Å². The van der Waals surface area contributed by atoms with Crippen LogP contribution in [0.1, 0.15) is 12.5 Å². The Hall–Kier alpha value is -0.990. The monoisotopic (exact) mass is 230 g/mol. The summed E-state index contributed by atoms with van der Waals surface area (Å²) in [5.41, 5.74) is 0.975. The summed E-state index contributed by atoms with van der Waals surface area (Å²) in [5.74, 6) is -0.948. The minimum Gasteiger partial charge on any atom is -0.478 e. The second-order valence-electron chi connectivity index (χ2n) is 2.81. The van der Waals surface area contributed by atoms with Gasteiger partial charge in [-0.3, -0.25) is 0 Å². The molecule has 0 bridgehead atoms. The molecule has 1 aromatic carbocycles. The molecule has 0 fully saturated rings. The molecule has 0 aliphatic heterocycles. The molecule has 1 rings (SSSR count). The van der Waals surface area contributed by atoms with E-state index in [0.717, 1.165) is 5.56 Å². The lowest BCUT2D eigenvalue weighted by atomic mass is 10.1. The van der Waals surface area contributed by atoms with E-state index in [2.05, 4.69) is 0 Å². The van der Waals surface area contributed by atoms with Crippen molar-refractivity contribution in [1.82, 2.24) is 0 Å². The van der Waals surface area contributed by atoms with Crippen molar-refractivity contribution in [2.24, 2.45) is 0 Å². The molecule has 0 aromatic heterocycles. The molecule has 0 radical (unpaired) electrons. The van der Waals surface area contributed by atoms with E-state index in [0.29, 0.717) is 10.0 Å². The summed E-state index contributed by atoms with van der Waals surface area (Å²) in [7, 11) is 0. The standard InChI is InChI=1S/C10H8Cl2O2/c1-6(10(13)14)4-7-2-3-8(11)9(12)5-7/h2-5H,1H3,(H,13,14)/b6-4-. The lowest BCUT2D eigenvalue weighted by Crippen LogP contribution is -1.95. The number of hydrogen-bond donors (Lipinski definition) is 1. The molecule has 14 heavy (non-hydrogen) atoms. The number of carboxylic acid groups (broad SMARTS) is 1. The van der Waals surface area contributed by atoms with E-state index in [9.17, 15) is 4.79 Å². The van der Waals surface area contributed by atoms with Gasteiger partial charge in [0.05, 0.1) is 10.0 Å². The molecule has 0 aliphatic carbocycles. The van der Waals surface area contributed by atoms with E-state index < -0.39 is 5.97 Å². The van der Waals surface area contributed by atoms with Gasteiger partial charge in [-0.15, -0.1) is 0 Å². The summed E-state index contributed by atoms with van der Waals surface area (Å²) in [6.07, 6.45) is 1.53. The van der Waals surface area contributed by atoms with Crippen LogP contribution >= 0.6 is 23.2 Å². The van der Waals surface area contributed by atoms with Crippen molar-refractivity contribution in [1.29, 1.82) is 0 Å². The molecule has 0 aliphatic rings.